The molecular formula is C18H30N2O2. The van der Waals surface area contributed by atoms with E-state index in [4.69, 9.17) is 0 Å². The van der Waals surface area contributed by atoms with E-state index in [1.54, 1.807) is 0 Å². The molecule has 0 aromatic heterocycles. The first-order valence-corrected chi connectivity index (χ1v) is 8.37. The van der Waals surface area contributed by atoms with Gasteiger partial charge in [-0.05, 0) is 46.5 Å². The van der Waals surface area contributed by atoms with Crippen LogP contribution in [0.15, 0.2) is 23.5 Å². The largest absolute Gasteiger partial charge is 0.379 e. The molecule has 1 amide bonds. The van der Waals surface area contributed by atoms with Gasteiger partial charge in [-0.3, -0.25) is 4.79 Å². The number of nitrogens with zero attached hydrogens (tertiary/aromatic N) is 1. The van der Waals surface area contributed by atoms with E-state index in [0.717, 1.165) is 50.6 Å². The molecule has 0 aromatic carbocycles. The average molecular weight is 306 g/mol. The van der Waals surface area contributed by atoms with Crippen LogP contribution in [-0.2, 0) is 9.59 Å². The Balaban J connectivity index is 2.28. The van der Waals surface area contributed by atoms with Gasteiger partial charge in [-0.25, -0.2) is 0 Å². The maximum atomic E-state index is 12.1. The normalized spacial score (nSPS) is 22.3. The minimum absolute atomic E-state index is 0.132. The van der Waals surface area contributed by atoms with Crippen LogP contribution in [-0.4, -0.2) is 29.7 Å². The standard InChI is InChI=1S/C18H30N2O2/c1-5-16(19-15(4)13-21)10-8-7-9-11-20-17(6-2)12-14(3)18(20)22/h5-6,13-15,19H,7-12H2,1-4H3/b16-5-,17-6-/t14?,15-/m0/s1. The van der Waals surface area contributed by atoms with E-state index in [0.29, 0.717) is 0 Å². The lowest BCUT2D eigenvalue weighted by Crippen LogP contribution is -2.27. The van der Waals surface area contributed by atoms with E-state index in [1.165, 1.54) is 5.70 Å². The Hall–Kier alpha value is -1.58. The van der Waals surface area contributed by atoms with Crippen LogP contribution in [0.2, 0.25) is 0 Å². The molecule has 0 bridgehead atoms. The van der Waals surface area contributed by atoms with Crippen molar-refractivity contribution >= 4 is 12.2 Å². The van der Waals surface area contributed by atoms with Crippen molar-refractivity contribution in [3.63, 3.8) is 0 Å². The lowest BCUT2D eigenvalue weighted by molar-refractivity contribution is -0.129. The number of allylic oxidation sites excluding steroid dienone is 4. The molecule has 124 valence electrons. The third-order valence-corrected chi connectivity index (χ3v) is 4.18. The van der Waals surface area contributed by atoms with Crippen LogP contribution >= 0.6 is 0 Å². The van der Waals surface area contributed by atoms with Gasteiger partial charge >= 0.3 is 0 Å². The lowest BCUT2D eigenvalue weighted by Gasteiger charge is -2.18. The molecule has 2 atom stereocenters. The van der Waals surface area contributed by atoms with Crippen LogP contribution in [0.25, 0.3) is 0 Å². The minimum Gasteiger partial charge on any atom is -0.379 e. The molecule has 1 N–H and O–H groups in total. The number of rotatable bonds is 9. The summed E-state index contributed by atoms with van der Waals surface area (Å²) >= 11 is 0. The van der Waals surface area contributed by atoms with Crippen molar-refractivity contribution in [1.82, 2.24) is 10.2 Å². The molecule has 1 aliphatic heterocycles. The van der Waals surface area contributed by atoms with E-state index in [2.05, 4.69) is 11.4 Å². The number of carbonyl (C=O) groups excluding carboxylic acids is 2. The number of aldehydes is 1. The van der Waals surface area contributed by atoms with E-state index in [-0.39, 0.29) is 17.9 Å². The number of nitrogens with one attached hydrogen (secondary N) is 1. The smallest absolute Gasteiger partial charge is 0.229 e. The second kappa shape index (κ2) is 9.44. The summed E-state index contributed by atoms with van der Waals surface area (Å²) < 4.78 is 0. The molecule has 4 nitrogen and oxygen atoms in total. The number of hydrogen-bond donors (Lipinski definition) is 1. The molecule has 1 saturated heterocycles. The summed E-state index contributed by atoms with van der Waals surface area (Å²) in [5.74, 6) is 0.401. The van der Waals surface area contributed by atoms with Crippen molar-refractivity contribution < 1.29 is 9.59 Å². The van der Waals surface area contributed by atoms with Gasteiger partial charge in [0.05, 0.1) is 6.04 Å². The Morgan fingerprint density at radius 2 is 2.09 bits per heavy atom. The molecule has 1 unspecified atom stereocenters. The molecule has 0 spiro atoms. The maximum absolute atomic E-state index is 12.1. The highest BCUT2D eigenvalue weighted by Gasteiger charge is 2.31. The number of unbranched alkanes of at least 4 members (excludes halogenated alkanes) is 2. The van der Waals surface area contributed by atoms with Crippen molar-refractivity contribution in [2.75, 3.05) is 6.54 Å². The molecule has 22 heavy (non-hydrogen) atoms. The van der Waals surface area contributed by atoms with Gasteiger partial charge in [-0.15, -0.1) is 0 Å². The summed E-state index contributed by atoms with van der Waals surface area (Å²) in [6.07, 6.45) is 10.0. The van der Waals surface area contributed by atoms with Crippen LogP contribution in [0, 0.1) is 5.92 Å². The highest BCUT2D eigenvalue weighted by molar-refractivity contribution is 5.83. The van der Waals surface area contributed by atoms with Gasteiger partial charge < -0.3 is 15.0 Å². The van der Waals surface area contributed by atoms with Crippen LogP contribution in [0.1, 0.15) is 59.8 Å². The fourth-order valence-corrected chi connectivity index (χ4v) is 2.83. The van der Waals surface area contributed by atoms with Gasteiger partial charge in [0.2, 0.25) is 5.91 Å². The topological polar surface area (TPSA) is 49.4 Å². The Labute approximate surface area is 134 Å². The van der Waals surface area contributed by atoms with Gasteiger partial charge in [0.1, 0.15) is 6.29 Å². The van der Waals surface area contributed by atoms with Crippen molar-refractivity contribution in [1.29, 1.82) is 0 Å². The number of carbonyl (C=O) groups is 2. The zero-order chi connectivity index (χ0) is 16.5. The second-order valence-electron chi connectivity index (χ2n) is 6.07. The fourth-order valence-electron chi connectivity index (χ4n) is 2.83. The summed E-state index contributed by atoms with van der Waals surface area (Å²) in [4.78, 5) is 24.7. The molecule has 0 aliphatic carbocycles. The maximum Gasteiger partial charge on any atom is 0.229 e. The van der Waals surface area contributed by atoms with Gasteiger partial charge in [0.15, 0.2) is 0 Å². The zero-order valence-electron chi connectivity index (χ0n) is 14.4. The van der Waals surface area contributed by atoms with Gasteiger partial charge in [0, 0.05) is 23.9 Å². The molecule has 1 aliphatic rings. The quantitative estimate of drug-likeness (QED) is 0.524. The molecule has 1 fully saturated rings. The Bertz CT molecular complexity index is 440. The van der Waals surface area contributed by atoms with E-state index in [1.807, 2.05) is 38.7 Å². The summed E-state index contributed by atoms with van der Waals surface area (Å²) in [5, 5.41) is 3.20. The van der Waals surface area contributed by atoms with Gasteiger partial charge in [-0.1, -0.05) is 25.5 Å². The molecule has 0 aromatic rings. The van der Waals surface area contributed by atoms with Crippen molar-refractivity contribution in [2.24, 2.45) is 5.92 Å². The number of likely N-dealkylation sites (tertiary alicyclic amines) is 1. The Kier molecular flexibility index (Phi) is 7.92. The first-order chi connectivity index (χ1) is 10.5. The van der Waals surface area contributed by atoms with E-state index in [9.17, 15) is 9.59 Å². The van der Waals surface area contributed by atoms with Crippen LogP contribution < -0.4 is 5.32 Å². The second-order valence-corrected chi connectivity index (χ2v) is 6.07. The zero-order valence-corrected chi connectivity index (χ0v) is 14.4. The third kappa shape index (κ3) is 5.32. The van der Waals surface area contributed by atoms with Crippen LogP contribution in [0.3, 0.4) is 0 Å². The Morgan fingerprint density at radius 1 is 1.36 bits per heavy atom. The summed E-state index contributed by atoms with van der Waals surface area (Å²) in [7, 11) is 0. The third-order valence-electron chi connectivity index (χ3n) is 4.18. The number of hydrogen-bond acceptors (Lipinski definition) is 3. The predicted octanol–water partition coefficient (Wildman–Crippen LogP) is 3.40. The summed E-state index contributed by atoms with van der Waals surface area (Å²) in [5.41, 5.74) is 2.30. The van der Waals surface area contributed by atoms with Crippen molar-refractivity contribution in [3.8, 4) is 0 Å². The minimum atomic E-state index is -0.132. The average Bonchev–Trinajstić information content (AvgIpc) is 2.80. The fraction of sp³-hybridized carbons (Fsp3) is 0.667. The highest BCUT2D eigenvalue weighted by atomic mass is 16.2. The SMILES string of the molecule is C/C=C(/CCCCCN1C(=O)C(C)C/C1=C/C)N[C@@H](C)C=O. The van der Waals surface area contributed by atoms with E-state index >= 15 is 0 Å². The summed E-state index contributed by atoms with van der Waals surface area (Å²) in [6.45, 7) is 8.68. The molecule has 0 radical (unpaired) electrons. The van der Waals surface area contributed by atoms with Gasteiger partial charge in [-0.2, -0.15) is 0 Å². The summed E-state index contributed by atoms with van der Waals surface area (Å²) in [6, 6.07) is -0.132. The highest BCUT2D eigenvalue weighted by Crippen LogP contribution is 2.27. The predicted molar refractivity (Wildman–Crippen MR) is 90.1 cm³/mol. The van der Waals surface area contributed by atoms with Crippen LogP contribution in [0.5, 0.6) is 0 Å². The number of amides is 1. The molecular weight excluding hydrogens is 276 g/mol. The van der Waals surface area contributed by atoms with Gasteiger partial charge in [0.25, 0.3) is 0 Å². The van der Waals surface area contributed by atoms with Crippen LogP contribution in [0.4, 0.5) is 0 Å². The van der Waals surface area contributed by atoms with Crippen molar-refractivity contribution in [3.05, 3.63) is 23.5 Å². The molecule has 4 heteroatoms. The molecule has 1 rings (SSSR count). The Morgan fingerprint density at radius 3 is 2.68 bits per heavy atom. The molecule has 0 saturated carbocycles. The first kappa shape index (κ1) is 18.5. The first-order valence-electron chi connectivity index (χ1n) is 8.37. The van der Waals surface area contributed by atoms with E-state index < -0.39 is 0 Å². The molecule has 1 heterocycles. The van der Waals surface area contributed by atoms with Crippen molar-refractivity contribution in [2.45, 2.75) is 65.8 Å². The lowest BCUT2D eigenvalue weighted by atomic mass is 10.1. The monoisotopic (exact) mass is 306 g/mol.